The van der Waals surface area contributed by atoms with Crippen LogP contribution >= 0.6 is 0 Å². The molecule has 15 heavy (non-hydrogen) atoms. The first kappa shape index (κ1) is 9.55. The number of pyridine rings is 1. The quantitative estimate of drug-likeness (QED) is 0.567. The molecule has 0 aromatic carbocycles. The van der Waals surface area contributed by atoms with Gasteiger partial charge in [-0.2, -0.15) is 5.26 Å². The summed E-state index contributed by atoms with van der Waals surface area (Å²) in [6.07, 6.45) is 1.39. The summed E-state index contributed by atoms with van der Waals surface area (Å²) in [4.78, 5) is 14.1. The largest absolute Gasteiger partial charge is 0.306 e. The van der Waals surface area contributed by atoms with Crippen LogP contribution in [-0.2, 0) is 0 Å². The van der Waals surface area contributed by atoms with Crippen molar-refractivity contribution in [1.29, 1.82) is 5.26 Å². The van der Waals surface area contributed by atoms with E-state index in [1.165, 1.54) is 18.3 Å². The zero-order chi connectivity index (χ0) is 10.8. The van der Waals surface area contributed by atoms with Gasteiger partial charge in [-0.1, -0.05) is 0 Å². The smallest absolute Gasteiger partial charge is 0.272 e. The van der Waals surface area contributed by atoms with Crippen LogP contribution in [0, 0.1) is 27.4 Å². The van der Waals surface area contributed by atoms with E-state index in [4.69, 9.17) is 5.26 Å². The predicted molar refractivity (Wildman–Crippen MR) is 50.7 cm³/mol. The van der Waals surface area contributed by atoms with Crippen molar-refractivity contribution in [1.82, 2.24) is 10.3 Å². The number of hydrogen-bond donors (Lipinski definition) is 1. The molecule has 1 fully saturated rings. The summed E-state index contributed by atoms with van der Waals surface area (Å²) in [6, 6.07) is 4.70. The van der Waals surface area contributed by atoms with Crippen molar-refractivity contribution in [3.63, 3.8) is 0 Å². The molecule has 1 aliphatic rings. The van der Waals surface area contributed by atoms with Gasteiger partial charge in [-0.3, -0.25) is 15.1 Å². The molecule has 0 aliphatic carbocycles. The molecular weight excluding hydrogens is 196 g/mol. The van der Waals surface area contributed by atoms with Gasteiger partial charge in [-0.05, 0) is 0 Å². The molecule has 0 spiro atoms. The lowest BCUT2D eigenvalue weighted by molar-refractivity contribution is -0.385. The van der Waals surface area contributed by atoms with Crippen molar-refractivity contribution in [3.05, 3.63) is 34.1 Å². The van der Waals surface area contributed by atoms with Crippen molar-refractivity contribution in [2.75, 3.05) is 6.54 Å². The lowest BCUT2D eigenvalue weighted by Gasteiger charge is -2.32. The highest BCUT2D eigenvalue weighted by atomic mass is 16.6. The van der Waals surface area contributed by atoms with E-state index in [0.717, 1.165) is 0 Å². The van der Waals surface area contributed by atoms with Crippen LogP contribution in [0.5, 0.6) is 0 Å². The molecule has 76 valence electrons. The normalized spacial score (nSPS) is 23.9. The molecule has 1 N–H and O–H groups in total. The number of nitrogens with zero attached hydrogens (tertiary/aromatic N) is 3. The second kappa shape index (κ2) is 3.63. The van der Waals surface area contributed by atoms with Gasteiger partial charge in [0, 0.05) is 24.9 Å². The van der Waals surface area contributed by atoms with Gasteiger partial charge in [-0.15, -0.1) is 0 Å². The Kier molecular flexibility index (Phi) is 2.31. The average molecular weight is 204 g/mol. The van der Waals surface area contributed by atoms with Crippen LogP contribution in [0.3, 0.4) is 0 Å². The van der Waals surface area contributed by atoms with Crippen LogP contribution in [0.1, 0.15) is 11.7 Å². The number of aromatic nitrogens is 1. The lowest BCUT2D eigenvalue weighted by atomic mass is 9.90. The summed E-state index contributed by atoms with van der Waals surface area (Å²) < 4.78 is 0. The molecule has 1 saturated heterocycles. The molecule has 0 saturated carbocycles. The van der Waals surface area contributed by atoms with Crippen LogP contribution in [0.15, 0.2) is 18.3 Å². The van der Waals surface area contributed by atoms with Gasteiger partial charge in [0.2, 0.25) is 0 Å². The average Bonchev–Trinajstić information content (AvgIpc) is 2.17. The third-order valence-electron chi connectivity index (χ3n) is 2.42. The summed E-state index contributed by atoms with van der Waals surface area (Å²) in [5, 5.41) is 22.3. The van der Waals surface area contributed by atoms with Crippen LogP contribution in [0.2, 0.25) is 0 Å². The third-order valence-corrected chi connectivity index (χ3v) is 2.42. The lowest BCUT2D eigenvalue weighted by Crippen LogP contribution is -2.45. The van der Waals surface area contributed by atoms with E-state index in [0.29, 0.717) is 12.2 Å². The summed E-state index contributed by atoms with van der Waals surface area (Å²) in [7, 11) is 0. The molecule has 0 radical (unpaired) electrons. The zero-order valence-corrected chi connectivity index (χ0v) is 7.75. The van der Waals surface area contributed by atoms with E-state index in [1.807, 2.05) is 0 Å². The Labute approximate surface area is 85.7 Å². The highest BCUT2D eigenvalue weighted by molar-refractivity contribution is 5.32. The van der Waals surface area contributed by atoms with Crippen LogP contribution in [0.25, 0.3) is 0 Å². The van der Waals surface area contributed by atoms with E-state index in [9.17, 15) is 10.1 Å². The minimum atomic E-state index is -0.467. The molecule has 1 aliphatic heterocycles. The number of nitro groups is 1. The Morgan fingerprint density at radius 1 is 1.73 bits per heavy atom. The maximum atomic E-state index is 10.5. The minimum absolute atomic E-state index is 0.00499. The second-order valence-electron chi connectivity index (χ2n) is 3.32. The molecule has 2 rings (SSSR count). The molecule has 2 heterocycles. The summed E-state index contributed by atoms with van der Waals surface area (Å²) in [6.45, 7) is 0.617. The van der Waals surface area contributed by atoms with E-state index in [1.54, 1.807) is 0 Å². The molecule has 0 amide bonds. The van der Waals surface area contributed by atoms with Crippen molar-refractivity contribution in [3.8, 4) is 6.07 Å². The van der Waals surface area contributed by atoms with Gasteiger partial charge >= 0.3 is 0 Å². The fraction of sp³-hybridized carbons (Fsp3) is 0.333. The Morgan fingerprint density at radius 3 is 3.07 bits per heavy atom. The van der Waals surface area contributed by atoms with Gasteiger partial charge in [-0.25, -0.2) is 0 Å². The fourth-order valence-corrected chi connectivity index (χ4v) is 1.50. The second-order valence-corrected chi connectivity index (χ2v) is 3.32. The summed E-state index contributed by atoms with van der Waals surface area (Å²) in [5.74, 6) is -0.139. The molecule has 1 aromatic rings. The number of hydrogen-bond acceptors (Lipinski definition) is 5. The maximum Gasteiger partial charge on any atom is 0.272 e. The minimum Gasteiger partial charge on any atom is -0.306 e. The number of nitrogens with one attached hydrogen (secondary N) is 1. The molecule has 6 nitrogen and oxygen atoms in total. The first-order valence-corrected chi connectivity index (χ1v) is 4.45. The third kappa shape index (κ3) is 1.65. The molecule has 1 aromatic heterocycles. The Balaban J connectivity index is 2.26. The van der Waals surface area contributed by atoms with Gasteiger partial charge in [0.15, 0.2) is 0 Å². The maximum absolute atomic E-state index is 10.5. The molecule has 2 atom stereocenters. The van der Waals surface area contributed by atoms with Crippen molar-refractivity contribution in [2.45, 2.75) is 6.04 Å². The van der Waals surface area contributed by atoms with Crippen molar-refractivity contribution < 1.29 is 4.92 Å². The van der Waals surface area contributed by atoms with E-state index >= 15 is 0 Å². The first-order chi connectivity index (χ1) is 7.22. The topological polar surface area (TPSA) is 91.8 Å². The monoisotopic (exact) mass is 204 g/mol. The van der Waals surface area contributed by atoms with Crippen LogP contribution < -0.4 is 5.32 Å². The number of nitriles is 1. The van der Waals surface area contributed by atoms with Crippen molar-refractivity contribution >= 4 is 5.69 Å². The van der Waals surface area contributed by atoms with Gasteiger partial charge in [0.25, 0.3) is 5.69 Å². The molecular formula is C9H8N4O2. The van der Waals surface area contributed by atoms with Crippen LogP contribution in [0.4, 0.5) is 5.69 Å². The van der Waals surface area contributed by atoms with Gasteiger partial charge < -0.3 is 5.32 Å². The van der Waals surface area contributed by atoms with E-state index in [2.05, 4.69) is 16.4 Å². The SMILES string of the molecule is N#CC1CNC1c1cc([N+](=O)[O-])ccn1. The summed E-state index contributed by atoms with van der Waals surface area (Å²) in [5.41, 5.74) is 0.562. The van der Waals surface area contributed by atoms with Crippen molar-refractivity contribution in [2.24, 2.45) is 5.92 Å². The first-order valence-electron chi connectivity index (χ1n) is 4.45. The number of rotatable bonds is 2. The Morgan fingerprint density at radius 2 is 2.53 bits per heavy atom. The van der Waals surface area contributed by atoms with E-state index in [-0.39, 0.29) is 17.6 Å². The van der Waals surface area contributed by atoms with Gasteiger partial charge in [0.1, 0.15) is 0 Å². The molecule has 0 bridgehead atoms. The summed E-state index contributed by atoms with van der Waals surface area (Å²) >= 11 is 0. The molecule has 2 unspecified atom stereocenters. The Bertz CT molecular complexity index is 440. The standard InChI is InChI=1S/C9H8N4O2/c10-4-6-5-12-9(6)8-3-7(13(14)15)1-2-11-8/h1-3,6,9,12H,5H2. The predicted octanol–water partition coefficient (Wildman–Crippen LogP) is 0.774. The van der Waals surface area contributed by atoms with Gasteiger partial charge in [0.05, 0.1) is 28.6 Å². The molecule has 6 heteroatoms. The zero-order valence-electron chi connectivity index (χ0n) is 7.75. The Hall–Kier alpha value is -2.00. The highest BCUT2D eigenvalue weighted by Crippen LogP contribution is 2.28. The van der Waals surface area contributed by atoms with E-state index < -0.39 is 4.92 Å². The van der Waals surface area contributed by atoms with Crippen LogP contribution in [-0.4, -0.2) is 16.5 Å². The highest BCUT2D eigenvalue weighted by Gasteiger charge is 2.33. The fourth-order valence-electron chi connectivity index (χ4n) is 1.50.